The zero-order valence-corrected chi connectivity index (χ0v) is 18.9. The number of alkyl halides is 3. The van der Waals surface area contributed by atoms with E-state index in [9.17, 15) is 31.5 Å². The monoisotopic (exact) mass is 483 g/mol. The third-order valence-electron chi connectivity index (χ3n) is 6.54. The first-order valence-corrected chi connectivity index (χ1v) is 11.9. The van der Waals surface area contributed by atoms with Crippen LogP contribution in [0.25, 0.3) is 0 Å². The summed E-state index contributed by atoms with van der Waals surface area (Å²) in [6.45, 7) is 3.62. The molecule has 1 fully saturated rings. The molecule has 0 radical (unpaired) electrons. The summed E-state index contributed by atoms with van der Waals surface area (Å²) in [4.78, 5) is 18.1. The Morgan fingerprint density at radius 2 is 1.82 bits per heavy atom. The van der Waals surface area contributed by atoms with Crippen molar-refractivity contribution in [1.82, 2.24) is 9.29 Å². The number of carboxylic acids is 1. The standard InChI is InChI=1S/C22H24F3N3O4S/c1-20(2)14-27(11-12-28(20)18-8-7-16(13-26-18)22(23,24)25)33(31,32)21(19(29)30)10-9-15-5-3-4-6-17(15)21/h3-8,13H,9-12,14H2,1-2H3,(H,29,30). The molecule has 2 aliphatic rings. The molecule has 1 unspecified atom stereocenters. The lowest BCUT2D eigenvalue weighted by molar-refractivity contribution is -0.140. The van der Waals surface area contributed by atoms with Crippen LogP contribution in [0.15, 0.2) is 42.6 Å². The van der Waals surface area contributed by atoms with Gasteiger partial charge in [0.2, 0.25) is 14.8 Å². The summed E-state index contributed by atoms with van der Waals surface area (Å²) in [5, 5.41) is 10.1. The van der Waals surface area contributed by atoms with Gasteiger partial charge in [-0.15, -0.1) is 0 Å². The highest BCUT2D eigenvalue weighted by Crippen LogP contribution is 2.46. The second kappa shape index (κ2) is 7.69. The quantitative estimate of drug-likeness (QED) is 0.718. The third-order valence-corrected chi connectivity index (χ3v) is 9.01. The summed E-state index contributed by atoms with van der Waals surface area (Å²) in [6, 6.07) is 8.89. The molecule has 178 valence electrons. The maximum Gasteiger partial charge on any atom is 0.417 e. The van der Waals surface area contributed by atoms with Crippen molar-refractivity contribution >= 4 is 21.8 Å². The predicted octanol–water partition coefficient (Wildman–Crippen LogP) is 3.26. The van der Waals surface area contributed by atoms with Crippen molar-refractivity contribution in [1.29, 1.82) is 0 Å². The number of carboxylic acid groups (broad SMARTS) is 1. The van der Waals surface area contributed by atoms with Crippen LogP contribution in [-0.4, -0.2) is 54.0 Å². The number of anilines is 1. The van der Waals surface area contributed by atoms with Crippen molar-refractivity contribution in [2.45, 2.75) is 43.2 Å². The first kappa shape index (κ1) is 23.5. The van der Waals surface area contributed by atoms with Crippen LogP contribution in [0.4, 0.5) is 19.0 Å². The minimum atomic E-state index is -4.50. The SMILES string of the molecule is CC1(C)CN(S(=O)(=O)C2(C(=O)O)CCc3ccccc32)CCN1c1ccc(C(F)(F)F)cn1. The number of pyridine rings is 1. The molecule has 1 saturated heterocycles. The van der Waals surface area contributed by atoms with Crippen molar-refractivity contribution in [2.24, 2.45) is 0 Å². The Balaban J connectivity index is 1.64. The molecular weight excluding hydrogens is 459 g/mol. The van der Waals surface area contributed by atoms with Gasteiger partial charge in [0.05, 0.1) is 5.56 Å². The lowest BCUT2D eigenvalue weighted by atomic mass is 10.00. The van der Waals surface area contributed by atoms with E-state index in [1.54, 1.807) is 43.0 Å². The van der Waals surface area contributed by atoms with E-state index in [2.05, 4.69) is 4.98 Å². The summed E-state index contributed by atoms with van der Waals surface area (Å²) in [5.74, 6) is -1.11. The Bertz CT molecular complexity index is 1180. The number of aryl methyl sites for hydroxylation is 1. The Kier molecular flexibility index (Phi) is 5.48. The summed E-state index contributed by atoms with van der Waals surface area (Å²) in [5.41, 5.74) is -0.707. The molecule has 0 bridgehead atoms. The van der Waals surface area contributed by atoms with Gasteiger partial charge >= 0.3 is 12.1 Å². The van der Waals surface area contributed by atoms with E-state index in [1.165, 1.54) is 10.4 Å². The van der Waals surface area contributed by atoms with E-state index >= 15 is 0 Å². The van der Waals surface area contributed by atoms with Gasteiger partial charge in [0.15, 0.2) is 0 Å². The summed E-state index contributed by atoms with van der Waals surface area (Å²) >= 11 is 0. The second-order valence-corrected chi connectivity index (χ2v) is 11.2. The molecule has 2 aromatic rings. The number of fused-ring (bicyclic) bond motifs is 1. The molecule has 1 aromatic heterocycles. The molecule has 1 aliphatic heterocycles. The van der Waals surface area contributed by atoms with Gasteiger partial charge in [0, 0.05) is 31.4 Å². The van der Waals surface area contributed by atoms with Crippen molar-refractivity contribution in [3.05, 3.63) is 59.3 Å². The molecule has 11 heteroatoms. The number of aromatic nitrogens is 1. The number of hydrogen-bond acceptors (Lipinski definition) is 5. The highest BCUT2D eigenvalue weighted by atomic mass is 32.2. The van der Waals surface area contributed by atoms with Crippen molar-refractivity contribution in [3.8, 4) is 0 Å². The molecule has 7 nitrogen and oxygen atoms in total. The van der Waals surface area contributed by atoms with E-state index in [-0.39, 0.29) is 26.1 Å². The van der Waals surface area contributed by atoms with Crippen LogP contribution in [0.3, 0.4) is 0 Å². The van der Waals surface area contributed by atoms with Crippen LogP contribution in [-0.2, 0) is 32.2 Å². The molecule has 1 aliphatic carbocycles. The molecule has 2 heterocycles. The van der Waals surface area contributed by atoms with Crippen LogP contribution >= 0.6 is 0 Å². The molecular formula is C22H24F3N3O4S. The number of hydrogen-bond donors (Lipinski definition) is 1. The van der Waals surface area contributed by atoms with E-state index in [0.29, 0.717) is 23.4 Å². The van der Waals surface area contributed by atoms with Crippen molar-refractivity contribution < 1.29 is 31.5 Å². The minimum Gasteiger partial charge on any atom is -0.480 e. The largest absolute Gasteiger partial charge is 0.480 e. The summed E-state index contributed by atoms with van der Waals surface area (Å²) < 4.78 is 65.3. The third kappa shape index (κ3) is 3.67. The molecule has 0 saturated carbocycles. The molecule has 0 amide bonds. The average Bonchev–Trinajstić information content (AvgIpc) is 3.14. The number of carbonyl (C=O) groups is 1. The fraction of sp³-hybridized carbons (Fsp3) is 0.455. The van der Waals surface area contributed by atoms with Crippen LogP contribution in [0, 0.1) is 0 Å². The fourth-order valence-electron chi connectivity index (χ4n) is 4.85. The van der Waals surface area contributed by atoms with Gasteiger partial charge in [-0.2, -0.15) is 17.5 Å². The van der Waals surface area contributed by atoms with E-state index < -0.39 is 38.0 Å². The Morgan fingerprint density at radius 3 is 2.39 bits per heavy atom. The zero-order chi connectivity index (χ0) is 24.2. The predicted molar refractivity (Wildman–Crippen MR) is 115 cm³/mol. The number of halogens is 3. The number of piperazine rings is 1. The molecule has 0 spiro atoms. The molecule has 1 atom stereocenters. The van der Waals surface area contributed by atoms with Gasteiger partial charge in [-0.25, -0.2) is 13.4 Å². The lowest BCUT2D eigenvalue weighted by Crippen LogP contribution is -2.63. The first-order chi connectivity index (χ1) is 15.3. The van der Waals surface area contributed by atoms with Gasteiger partial charge in [-0.05, 0) is 49.9 Å². The summed E-state index contributed by atoms with van der Waals surface area (Å²) in [7, 11) is -4.30. The van der Waals surface area contributed by atoms with Gasteiger partial charge in [-0.3, -0.25) is 4.79 Å². The van der Waals surface area contributed by atoms with Gasteiger partial charge in [-0.1, -0.05) is 24.3 Å². The van der Waals surface area contributed by atoms with Crippen LogP contribution in [0.5, 0.6) is 0 Å². The van der Waals surface area contributed by atoms with Gasteiger partial charge in [0.1, 0.15) is 5.82 Å². The molecule has 1 aromatic carbocycles. The van der Waals surface area contributed by atoms with E-state index in [0.717, 1.165) is 12.3 Å². The highest BCUT2D eigenvalue weighted by molar-refractivity contribution is 7.90. The topological polar surface area (TPSA) is 90.8 Å². The van der Waals surface area contributed by atoms with E-state index in [4.69, 9.17) is 0 Å². The Hall–Kier alpha value is -2.66. The summed E-state index contributed by atoms with van der Waals surface area (Å²) in [6.07, 6.45) is -3.45. The maximum absolute atomic E-state index is 13.8. The smallest absolute Gasteiger partial charge is 0.417 e. The number of sulfonamides is 1. The molecule has 33 heavy (non-hydrogen) atoms. The molecule has 4 rings (SSSR count). The van der Waals surface area contributed by atoms with Crippen LogP contribution in [0.1, 0.15) is 37.0 Å². The fourth-order valence-corrected chi connectivity index (χ4v) is 7.16. The van der Waals surface area contributed by atoms with E-state index in [1.807, 2.05) is 0 Å². The van der Waals surface area contributed by atoms with Crippen molar-refractivity contribution in [2.75, 3.05) is 24.5 Å². The first-order valence-electron chi connectivity index (χ1n) is 10.4. The normalized spacial score (nSPS) is 23.4. The second-order valence-electron chi connectivity index (χ2n) is 8.99. The minimum absolute atomic E-state index is 0.00827. The highest BCUT2D eigenvalue weighted by Gasteiger charge is 2.59. The number of benzene rings is 1. The Labute approximate surface area is 189 Å². The van der Waals surface area contributed by atoms with Crippen molar-refractivity contribution in [3.63, 3.8) is 0 Å². The maximum atomic E-state index is 13.8. The van der Waals surface area contributed by atoms with Gasteiger partial charge < -0.3 is 10.0 Å². The Morgan fingerprint density at radius 1 is 1.12 bits per heavy atom. The van der Waals surface area contributed by atoms with Crippen LogP contribution in [0.2, 0.25) is 0 Å². The number of aliphatic carboxylic acids is 1. The van der Waals surface area contributed by atoms with Crippen LogP contribution < -0.4 is 4.90 Å². The number of rotatable bonds is 4. The van der Waals surface area contributed by atoms with Gasteiger partial charge in [0.25, 0.3) is 0 Å². The molecule has 1 N–H and O–H groups in total. The number of nitrogens with zero attached hydrogens (tertiary/aromatic N) is 3. The zero-order valence-electron chi connectivity index (χ0n) is 18.1. The lowest BCUT2D eigenvalue weighted by Gasteiger charge is -2.48. The average molecular weight is 484 g/mol.